The molecule has 14 heavy (non-hydrogen) atoms. The molecule has 0 saturated carbocycles. The zero-order valence-corrected chi connectivity index (χ0v) is 9.55. The highest BCUT2D eigenvalue weighted by Gasteiger charge is 2.09. The summed E-state index contributed by atoms with van der Waals surface area (Å²) in [5.41, 5.74) is 0. The second-order valence-electron chi connectivity index (χ2n) is 3.35. The number of halogens is 2. The maximum atomic E-state index is 5.73. The van der Waals surface area contributed by atoms with Gasteiger partial charge in [-0.25, -0.2) is 10.8 Å². The number of nitrogens with zero attached hydrogens (tertiary/aromatic N) is 3. The van der Waals surface area contributed by atoms with Crippen LogP contribution in [0.2, 0.25) is 10.2 Å². The second-order valence-corrected chi connectivity index (χ2v) is 4.12. The highest BCUT2D eigenvalue weighted by atomic mass is 35.5. The molecule has 1 heterocycles. The topological polar surface area (TPSA) is 55.0 Å². The van der Waals surface area contributed by atoms with Crippen LogP contribution in [0.15, 0.2) is 6.20 Å². The maximum Gasteiger partial charge on any atom is 0.241 e. The average molecular weight is 235 g/mol. The van der Waals surface area contributed by atoms with E-state index in [-0.39, 0.29) is 5.15 Å². The molecule has 1 aromatic heterocycles. The van der Waals surface area contributed by atoms with Crippen LogP contribution in [0.4, 0.5) is 5.95 Å². The molecule has 0 amide bonds. The molecule has 0 fully saturated rings. The van der Waals surface area contributed by atoms with Crippen LogP contribution < -0.4 is 10.9 Å². The van der Waals surface area contributed by atoms with Gasteiger partial charge in [0.2, 0.25) is 5.95 Å². The smallest absolute Gasteiger partial charge is 0.241 e. The lowest BCUT2D eigenvalue weighted by atomic mass is 10.2. The third-order valence-corrected chi connectivity index (χ3v) is 2.17. The highest BCUT2D eigenvalue weighted by molar-refractivity contribution is 6.41. The molecule has 0 unspecified atom stereocenters. The number of hydrazine groups is 1. The van der Waals surface area contributed by atoms with Gasteiger partial charge >= 0.3 is 0 Å². The minimum Gasteiger partial charge on any atom is -0.278 e. The number of hydrogen-bond donors (Lipinski definition) is 1. The van der Waals surface area contributed by atoms with Crippen LogP contribution in [-0.2, 0) is 0 Å². The first kappa shape index (κ1) is 11.5. The standard InChI is InChI=1S/C8H12Cl2N4/c1-5(2)4-14(11)8-12-3-6(9)7(10)13-8/h3,5H,4,11H2,1-2H3. The van der Waals surface area contributed by atoms with Crippen molar-refractivity contribution in [2.45, 2.75) is 13.8 Å². The minimum atomic E-state index is 0.218. The first-order valence-corrected chi connectivity index (χ1v) is 4.96. The molecule has 1 rings (SSSR count). The van der Waals surface area contributed by atoms with Crippen molar-refractivity contribution in [2.75, 3.05) is 11.6 Å². The monoisotopic (exact) mass is 234 g/mol. The van der Waals surface area contributed by atoms with Gasteiger partial charge in [0.25, 0.3) is 0 Å². The van der Waals surface area contributed by atoms with Crippen LogP contribution in [-0.4, -0.2) is 16.5 Å². The Morgan fingerprint density at radius 1 is 1.50 bits per heavy atom. The van der Waals surface area contributed by atoms with E-state index in [1.807, 2.05) is 0 Å². The van der Waals surface area contributed by atoms with Crippen LogP contribution in [0.1, 0.15) is 13.8 Å². The van der Waals surface area contributed by atoms with Crippen LogP contribution in [0.3, 0.4) is 0 Å². The van der Waals surface area contributed by atoms with E-state index in [0.29, 0.717) is 23.4 Å². The molecule has 0 aliphatic heterocycles. The molecular formula is C8H12Cl2N4. The Morgan fingerprint density at radius 3 is 2.64 bits per heavy atom. The highest BCUT2D eigenvalue weighted by Crippen LogP contribution is 2.19. The molecule has 1 aromatic rings. The van der Waals surface area contributed by atoms with Crippen LogP contribution in [0.25, 0.3) is 0 Å². The van der Waals surface area contributed by atoms with Gasteiger partial charge < -0.3 is 0 Å². The number of hydrogen-bond acceptors (Lipinski definition) is 4. The van der Waals surface area contributed by atoms with Gasteiger partial charge in [0, 0.05) is 6.54 Å². The molecule has 6 heteroatoms. The third kappa shape index (κ3) is 2.97. The van der Waals surface area contributed by atoms with Crippen LogP contribution in [0, 0.1) is 5.92 Å². The maximum absolute atomic E-state index is 5.73. The van der Waals surface area contributed by atoms with Crippen molar-refractivity contribution in [3.05, 3.63) is 16.4 Å². The molecule has 0 aliphatic rings. The van der Waals surface area contributed by atoms with Gasteiger partial charge in [-0.3, -0.25) is 5.01 Å². The molecule has 0 saturated heterocycles. The SMILES string of the molecule is CC(C)CN(N)c1ncc(Cl)c(Cl)n1. The summed E-state index contributed by atoms with van der Waals surface area (Å²) in [4.78, 5) is 7.91. The molecular weight excluding hydrogens is 223 g/mol. The quantitative estimate of drug-likeness (QED) is 0.495. The number of aromatic nitrogens is 2. The summed E-state index contributed by atoms with van der Waals surface area (Å²) in [6.45, 7) is 4.77. The van der Waals surface area contributed by atoms with E-state index in [0.717, 1.165) is 0 Å². The van der Waals surface area contributed by atoms with Crippen molar-refractivity contribution in [1.82, 2.24) is 9.97 Å². The minimum absolute atomic E-state index is 0.218. The van der Waals surface area contributed by atoms with E-state index in [4.69, 9.17) is 29.0 Å². The summed E-state index contributed by atoms with van der Waals surface area (Å²) in [5, 5.41) is 2.00. The molecule has 0 aromatic carbocycles. The fourth-order valence-electron chi connectivity index (χ4n) is 0.951. The van der Waals surface area contributed by atoms with Crippen molar-refractivity contribution in [1.29, 1.82) is 0 Å². The van der Waals surface area contributed by atoms with Gasteiger partial charge in [0.15, 0.2) is 5.15 Å². The first-order valence-electron chi connectivity index (χ1n) is 4.21. The van der Waals surface area contributed by atoms with Crippen molar-refractivity contribution < 1.29 is 0 Å². The number of rotatable bonds is 3. The van der Waals surface area contributed by atoms with E-state index < -0.39 is 0 Å². The molecule has 0 atom stereocenters. The zero-order valence-electron chi connectivity index (χ0n) is 8.04. The van der Waals surface area contributed by atoms with Gasteiger partial charge in [-0.1, -0.05) is 37.0 Å². The van der Waals surface area contributed by atoms with Crippen molar-refractivity contribution >= 4 is 29.2 Å². The van der Waals surface area contributed by atoms with E-state index in [9.17, 15) is 0 Å². The molecule has 0 radical (unpaired) electrons. The summed E-state index contributed by atoms with van der Waals surface area (Å²) in [6.07, 6.45) is 1.44. The average Bonchev–Trinajstić information content (AvgIpc) is 2.08. The third-order valence-electron chi connectivity index (χ3n) is 1.51. The van der Waals surface area contributed by atoms with Crippen molar-refractivity contribution in [2.24, 2.45) is 11.8 Å². The predicted molar refractivity (Wildman–Crippen MR) is 58.4 cm³/mol. The summed E-state index contributed by atoms with van der Waals surface area (Å²) in [6, 6.07) is 0. The molecule has 0 aliphatic carbocycles. The Kier molecular flexibility index (Phi) is 3.92. The van der Waals surface area contributed by atoms with E-state index in [1.54, 1.807) is 0 Å². The second kappa shape index (κ2) is 4.77. The largest absolute Gasteiger partial charge is 0.278 e. The molecule has 78 valence electrons. The van der Waals surface area contributed by atoms with Gasteiger partial charge in [-0.15, -0.1) is 0 Å². The Morgan fingerprint density at radius 2 is 2.14 bits per heavy atom. The van der Waals surface area contributed by atoms with Gasteiger partial charge in [-0.05, 0) is 5.92 Å². The lowest BCUT2D eigenvalue weighted by molar-refractivity contribution is 0.611. The summed E-state index contributed by atoms with van der Waals surface area (Å²) >= 11 is 11.4. The summed E-state index contributed by atoms with van der Waals surface area (Å²) in [5.74, 6) is 6.53. The fraction of sp³-hybridized carbons (Fsp3) is 0.500. The summed E-state index contributed by atoms with van der Waals surface area (Å²) < 4.78 is 0. The fourth-order valence-corrected chi connectivity index (χ4v) is 1.17. The van der Waals surface area contributed by atoms with Gasteiger partial charge in [0.05, 0.1) is 11.2 Å². The lowest BCUT2D eigenvalue weighted by Crippen LogP contribution is -2.35. The van der Waals surface area contributed by atoms with Gasteiger partial charge in [0.1, 0.15) is 0 Å². The van der Waals surface area contributed by atoms with Crippen molar-refractivity contribution in [3.63, 3.8) is 0 Å². The van der Waals surface area contributed by atoms with Crippen molar-refractivity contribution in [3.8, 4) is 0 Å². The predicted octanol–water partition coefficient (Wildman–Crippen LogP) is 2.12. The molecule has 2 N–H and O–H groups in total. The van der Waals surface area contributed by atoms with E-state index in [2.05, 4.69) is 23.8 Å². The van der Waals surface area contributed by atoms with Gasteiger partial charge in [-0.2, -0.15) is 4.98 Å². The van der Waals surface area contributed by atoms with Crippen LogP contribution >= 0.6 is 23.2 Å². The van der Waals surface area contributed by atoms with E-state index in [1.165, 1.54) is 11.2 Å². The Hall–Kier alpha value is -0.580. The zero-order chi connectivity index (χ0) is 10.7. The Bertz CT molecular complexity index is 316. The Balaban J connectivity index is 2.80. The lowest BCUT2D eigenvalue weighted by Gasteiger charge is -2.18. The Labute approximate surface area is 93.0 Å². The molecule has 0 bridgehead atoms. The van der Waals surface area contributed by atoms with E-state index >= 15 is 0 Å². The molecule has 0 spiro atoms. The van der Waals surface area contributed by atoms with Crippen LogP contribution in [0.5, 0.6) is 0 Å². The number of nitrogens with two attached hydrogens (primary N) is 1. The summed E-state index contributed by atoms with van der Waals surface area (Å²) in [7, 11) is 0. The first-order chi connectivity index (χ1) is 6.50. The normalized spacial score (nSPS) is 10.7. The number of anilines is 1. The molecule has 4 nitrogen and oxygen atoms in total.